The largest absolute Gasteiger partial charge is 0.395 e. The molecule has 0 aromatic carbocycles. The van der Waals surface area contributed by atoms with Gasteiger partial charge >= 0.3 is 0 Å². The van der Waals surface area contributed by atoms with E-state index in [1.807, 2.05) is 107 Å². The van der Waals surface area contributed by atoms with Gasteiger partial charge in [0, 0.05) is 24.0 Å². The average molecular weight is 651 g/mol. The van der Waals surface area contributed by atoms with Gasteiger partial charge in [0.15, 0.2) is 5.78 Å². The van der Waals surface area contributed by atoms with Crippen LogP contribution in [0.5, 0.6) is 0 Å². The number of aromatic nitrogens is 4. The van der Waals surface area contributed by atoms with E-state index in [4.69, 9.17) is 9.68 Å². The lowest BCUT2D eigenvalue weighted by Crippen LogP contribution is -2.10. The van der Waals surface area contributed by atoms with Crippen LogP contribution in [0.1, 0.15) is 98.0 Å². The molecule has 2 unspecified atom stereocenters. The minimum atomic E-state index is -0.550. The fraction of sp³-hybridized carbons (Fsp3) is 0.342. The van der Waals surface area contributed by atoms with Crippen LogP contribution in [-0.4, -0.2) is 55.5 Å². The van der Waals surface area contributed by atoms with E-state index < -0.39 is 6.10 Å². The molecule has 0 bridgehead atoms. The number of hydrogen-bond acceptors (Lipinski definition) is 10. The standard InChI is InChI=1S/C19H25N3O2.C19H21N3O2/c2*1-13(11-17-8-6-10-19(21-17)16(4)23)12-24-22-15(3)18-9-5-7-14(2)20-18/h5-10,13,16,23H,11-12H2,1-4H3;5-11H,12H2,1-4H3/b22-15+;13-11+,22-15+. The normalized spacial score (nSPS) is 13.2. The minimum Gasteiger partial charge on any atom is -0.395 e. The maximum atomic E-state index is 11.4. The van der Waals surface area contributed by atoms with Crippen molar-refractivity contribution >= 4 is 23.3 Å². The third-order valence-corrected chi connectivity index (χ3v) is 6.91. The number of oxime groups is 2. The van der Waals surface area contributed by atoms with Crippen LogP contribution < -0.4 is 0 Å². The molecular weight excluding hydrogens is 604 g/mol. The summed E-state index contributed by atoms with van der Waals surface area (Å²) in [4.78, 5) is 39.8. The quantitative estimate of drug-likeness (QED) is 0.0907. The first-order valence-corrected chi connectivity index (χ1v) is 15.9. The van der Waals surface area contributed by atoms with Gasteiger partial charge in [0.05, 0.1) is 28.9 Å². The smallest absolute Gasteiger partial charge is 0.178 e. The Morgan fingerprint density at radius 3 is 1.90 bits per heavy atom. The molecular formula is C38H46N6O4. The summed E-state index contributed by atoms with van der Waals surface area (Å²) < 4.78 is 0. The van der Waals surface area contributed by atoms with Gasteiger partial charge in [-0.3, -0.25) is 19.7 Å². The monoisotopic (exact) mass is 650 g/mol. The second-order valence-electron chi connectivity index (χ2n) is 11.8. The summed E-state index contributed by atoms with van der Waals surface area (Å²) in [5.74, 6) is 0.216. The number of hydrogen-bond donors (Lipinski definition) is 1. The van der Waals surface area contributed by atoms with Crippen LogP contribution in [0, 0.1) is 19.8 Å². The van der Waals surface area contributed by atoms with Crippen molar-refractivity contribution in [3.8, 4) is 0 Å². The molecule has 0 saturated carbocycles. The Morgan fingerprint density at radius 1 is 0.750 bits per heavy atom. The molecule has 10 nitrogen and oxygen atoms in total. The van der Waals surface area contributed by atoms with Crippen LogP contribution in [0.2, 0.25) is 0 Å². The first-order chi connectivity index (χ1) is 22.9. The Kier molecular flexibility index (Phi) is 14.7. The van der Waals surface area contributed by atoms with Gasteiger partial charge in [-0.15, -0.1) is 0 Å². The van der Waals surface area contributed by atoms with Gasteiger partial charge in [0.25, 0.3) is 0 Å². The van der Waals surface area contributed by atoms with E-state index in [0.29, 0.717) is 24.6 Å². The van der Waals surface area contributed by atoms with Crippen molar-refractivity contribution in [2.45, 2.75) is 67.9 Å². The molecule has 0 radical (unpaired) electrons. The zero-order valence-corrected chi connectivity index (χ0v) is 29.1. The van der Waals surface area contributed by atoms with Gasteiger partial charge < -0.3 is 14.8 Å². The van der Waals surface area contributed by atoms with Crippen molar-refractivity contribution in [1.29, 1.82) is 0 Å². The lowest BCUT2D eigenvalue weighted by atomic mass is 10.1. The Balaban J connectivity index is 0.000000260. The number of rotatable bonds is 13. The molecule has 0 saturated heterocycles. The molecule has 0 spiro atoms. The Hall–Kier alpha value is -5.09. The number of ketones is 1. The lowest BCUT2D eigenvalue weighted by molar-refractivity contribution is 0.101. The van der Waals surface area contributed by atoms with Crippen molar-refractivity contribution < 1.29 is 19.6 Å². The molecule has 0 fully saturated rings. The van der Waals surface area contributed by atoms with Crippen LogP contribution in [0.4, 0.5) is 0 Å². The Bertz CT molecular complexity index is 1750. The predicted molar refractivity (Wildman–Crippen MR) is 190 cm³/mol. The maximum absolute atomic E-state index is 11.4. The van der Waals surface area contributed by atoms with E-state index in [2.05, 4.69) is 37.2 Å². The molecule has 4 heterocycles. The molecule has 0 aliphatic heterocycles. The van der Waals surface area contributed by atoms with Crippen molar-refractivity contribution in [2.75, 3.05) is 13.2 Å². The summed E-state index contributed by atoms with van der Waals surface area (Å²) >= 11 is 0. The van der Waals surface area contributed by atoms with Crippen LogP contribution in [-0.2, 0) is 16.1 Å². The molecule has 48 heavy (non-hydrogen) atoms. The van der Waals surface area contributed by atoms with Crippen molar-refractivity contribution in [1.82, 2.24) is 19.9 Å². The van der Waals surface area contributed by atoms with E-state index in [1.54, 1.807) is 13.0 Å². The lowest BCUT2D eigenvalue weighted by Gasteiger charge is -2.11. The minimum absolute atomic E-state index is 0.0509. The topological polar surface area (TPSA) is 132 Å². The van der Waals surface area contributed by atoms with Crippen LogP contribution in [0.25, 0.3) is 6.08 Å². The van der Waals surface area contributed by atoms with E-state index in [1.165, 1.54) is 6.92 Å². The predicted octanol–water partition coefficient (Wildman–Crippen LogP) is 7.29. The maximum Gasteiger partial charge on any atom is 0.178 e. The molecule has 4 rings (SSSR count). The zero-order valence-electron chi connectivity index (χ0n) is 29.1. The van der Waals surface area contributed by atoms with E-state index in [9.17, 15) is 9.90 Å². The molecule has 4 aromatic heterocycles. The molecule has 0 aliphatic carbocycles. The Labute approximate surface area is 283 Å². The number of aryl methyl sites for hydroxylation is 2. The fourth-order valence-electron chi connectivity index (χ4n) is 4.36. The molecule has 10 heteroatoms. The first-order valence-electron chi connectivity index (χ1n) is 15.9. The molecule has 0 aliphatic rings. The number of Topliss-reactive ketones (excluding diaryl/α,β-unsaturated/α-hetero) is 1. The molecule has 4 aromatic rings. The number of aliphatic hydroxyl groups excluding tert-OH is 1. The van der Waals surface area contributed by atoms with Gasteiger partial charge in [0.1, 0.15) is 30.3 Å². The number of carbonyl (C=O) groups is 1. The zero-order chi connectivity index (χ0) is 35.1. The van der Waals surface area contributed by atoms with Crippen molar-refractivity contribution in [3.05, 3.63) is 124 Å². The summed E-state index contributed by atoms with van der Waals surface area (Å²) in [7, 11) is 0. The van der Waals surface area contributed by atoms with E-state index >= 15 is 0 Å². The van der Waals surface area contributed by atoms with Crippen molar-refractivity contribution in [2.24, 2.45) is 16.2 Å². The summed E-state index contributed by atoms with van der Waals surface area (Å²) in [6.07, 6.45) is 2.10. The summed E-state index contributed by atoms with van der Waals surface area (Å²) in [5.41, 5.74) is 8.79. The number of pyridine rings is 4. The third kappa shape index (κ3) is 13.0. The van der Waals surface area contributed by atoms with E-state index in [0.717, 1.165) is 57.6 Å². The second-order valence-corrected chi connectivity index (χ2v) is 11.8. The molecule has 252 valence electrons. The average Bonchev–Trinajstić information content (AvgIpc) is 3.05. The highest BCUT2D eigenvalue weighted by Crippen LogP contribution is 2.13. The van der Waals surface area contributed by atoms with Crippen molar-refractivity contribution in [3.63, 3.8) is 0 Å². The summed E-state index contributed by atoms with van der Waals surface area (Å²) in [5, 5.41) is 17.9. The first kappa shape index (κ1) is 37.4. The van der Waals surface area contributed by atoms with Gasteiger partial charge in [-0.2, -0.15) is 0 Å². The highest BCUT2D eigenvalue weighted by Gasteiger charge is 2.09. The van der Waals surface area contributed by atoms with Gasteiger partial charge in [-0.25, -0.2) is 4.98 Å². The number of carbonyl (C=O) groups excluding carboxylic acids is 1. The molecule has 2 atom stereocenters. The van der Waals surface area contributed by atoms with Crippen LogP contribution >= 0.6 is 0 Å². The summed E-state index contributed by atoms with van der Waals surface area (Å²) in [6.45, 7) is 15.7. The highest BCUT2D eigenvalue weighted by molar-refractivity contribution is 5.97. The van der Waals surface area contributed by atoms with Gasteiger partial charge in [0.2, 0.25) is 0 Å². The van der Waals surface area contributed by atoms with Gasteiger partial charge in [-0.1, -0.05) is 41.5 Å². The number of aliphatic hydroxyl groups is 1. The molecule has 1 N–H and O–H groups in total. The highest BCUT2D eigenvalue weighted by atomic mass is 16.6. The Morgan fingerprint density at radius 2 is 1.31 bits per heavy atom. The molecule has 0 amide bonds. The number of nitrogens with zero attached hydrogens (tertiary/aromatic N) is 6. The van der Waals surface area contributed by atoms with Gasteiger partial charge in [-0.05, 0) is 114 Å². The van der Waals surface area contributed by atoms with Crippen LogP contribution in [0.3, 0.4) is 0 Å². The third-order valence-electron chi connectivity index (χ3n) is 6.91. The van der Waals surface area contributed by atoms with E-state index in [-0.39, 0.29) is 11.7 Å². The summed E-state index contributed by atoms with van der Waals surface area (Å²) in [6, 6.07) is 22.7. The fourth-order valence-corrected chi connectivity index (χ4v) is 4.36. The van der Waals surface area contributed by atoms with Crippen LogP contribution in [0.15, 0.2) is 88.7 Å². The second kappa shape index (κ2) is 18.9. The SMILES string of the molecule is C/C(=N\OCC(C)Cc1cccc(C(C)O)n1)c1cccc(C)n1.CC(=O)c1cccc(/C=C(\C)CO/N=C(\C)c2cccc(C)n2)n1.